The number of carbonyl (C=O) groups excluding carboxylic acids is 1. The topological polar surface area (TPSA) is 83.0 Å². The lowest BCUT2D eigenvalue weighted by Gasteiger charge is -2.35. The Bertz CT molecular complexity index is 819. The van der Waals surface area contributed by atoms with Crippen LogP contribution in [0.15, 0.2) is 18.2 Å². The summed E-state index contributed by atoms with van der Waals surface area (Å²) in [4.78, 5) is 32.8. The van der Waals surface area contributed by atoms with Crippen molar-refractivity contribution in [2.45, 2.75) is 32.9 Å². The van der Waals surface area contributed by atoms with Gasteiger partial charge >= 0.3 is 12.1 Å². The van der Waals surface area contributed by atoms with Gasteiger partial charge in [0.05, 0.1) is 5.69 Å². The van der Waals surface area contributed by atoms with Crippen LogP contribution in [0.2, 0.25) is 0 Å². The lowest BCUT2D eigenvalue weighted by atomic mass is 10.2. The molecule has 1 amide bonds. The summed E-state index contributed by atoms with van der Waals surface area (Å²) in [5, 5.41) is 9.94. The summed E-state index contributed by atoms with van der Waals surface area (Å²) < 4.78 is 5.41. The van der Waals surface area contributed by atoms with Crippen LogP contribution in [0, 0.1) is 0 Å². The van der Waals surface area contributed by atoms with Crippen molar-refractivity contribution < 1.29 is 19.4 Å². The number of nitrogens with zero attached hydrogens (tertiary/aromatic N) is 3. The summed E-state index contributed by atoms with van der Waals surface area (Å²) in [6.45, 7) is 9.03. The number of thiophene rings is 1. The molecule has 1 aliphatic heterocycles. The second kappa shape index (κ2) is 7.20. The van der Waals surface area contributed by atoms with Gasteiger partial charge in [0.2, 0.25) is 0 Å². The first-order chi connectivity index (χ1) is 12.2. The molecule has 0 radical (unpaired) electrons. The Kier molecular flexibility index (Phi) is 5.15. The third-order valence-corrected chi connectivity index (χ3v) is 5.09. The number of hydrogen-bond acceptors (Lipinski definition) is 6. The van der Waals surface area contributed by atoms with Crippen LogP contribution in [0.25, 0.3) is 10.2 Å². The van der Waals surface area contributed by atoms with Gasteiger partial charge in [-0.1, -0.05) is 6.07 Å². The Hall–Kier alpha value is -2.19. The smallest absolute Gasteiger partial charge is 0.410 e. The summed E-state index contributed by atoms with van der Waals surface area (Å²) in [7, 11) is 0. The third kappa shape index (κ3) is 4.50. The molecule has 2 aromatic heterocycles. The van der Waals surface area contributed by atoms with E-state index >= 15 is 0 Å². The monoisotopic (exact) mass is 377 g/mol. The number of amides is 1. The SMILES string of the molecule is CC(C)(C)OC(=O)N1CCN(Cc2ccc3cc(C(=O)O)sc3n2)CC1. The number of carboxylic acids is 1. The first-order valence-corrected chi connectivity index (χ1v) is 9.36. The van der Waals surface area contributed by atoms with Gasteiger partial charge in [-0.05, 0) is 32.9 Å². The number of ether oxygens (including phenoxy) is 1. The summed E-state index contributed by atoms with van der Waals surface area (Å²) >= 11 is 1.19. The van der Waals surface area contributed by atoms with Crippen LogP contribution in [-0.2, 0) is 11.3 Å². The molecule has 0 atom stereocenters. The second-order valence-corrected chi connectivity index (χ2v) is 8.39. The maximum Gasteiger partial charge on any atom is 0.410 e. The van der Waals surface area contributed by atoms with Gasteiger partial charge in [-0.15, -0.1) is 11.3 Å². The first kappa shape index (κ1) is 18.6. The van der Waals surface area contributed by atoms with Gasteiger partial charge in [0.15, 0.2) is 0 Å². The van der Waals surface area contributed by atoms with E-state index in [1.165, 1.54) is 11.3 Å². The molecule has 0 unspecified atom stereocenters. The van der Waals surface area contributed by atoms with Crippen molar-refractivity contribution in [1.82, 2.24) is 14.8 Å². The Morgan fingerprint density at radius 1 is 1.23 bits per heavy atom. The molecule has 140 valence electrons. The Balaban J connectivity index is 1.58. The molecule has 1 N–H and O–H groups in total. The van der Waals surface area contributed by atoms with Crippen LogP contribution in [-0.4, -0.2) is 63.7 Å². The molecule has 0 aromatic carbocycles. The number of aromatic carboxylic acids is 1. The summed E-state index contributed by atoms with van der Waals surface area (Å²) in [6, 6.07) is 5.50. The van der Waals surface area contributed by atoms with E-state index in [1.807, 2.05) is 32.9 Å². The van der Waals surface area contributed by atoms with Gasteiger partial charge in [-0.3, -0.25) is 4.90 Å². The molecule has 1 aliphatic rings. The van der Waals surface area contributed by atoms with Crippen molar-refractivity contribution in [2.75, 3.05) is 26.2 Å². The molecule has 0 spiro atoms. The minimum Gasteiger partial charge on any atom is -0.477 e. The fourth-order valence-corrected chi connectivity index (χ4v) is 3.68. The van der Waals surface area contributed by atoms with E-state index in [-0.39, 0.29) is 6.09 Å². The van der Waals surface area contributed by atoms with Crippen LogP contribution in [0.3, 0.4) is 0 Å². The molecule has 2 aromatic rings. The van der Waals surface area contributed by atoms with Crippen LogP contribution >= 0.6 is 11.3 Å². The van der Waals surface area contributed by atoms with Gasteiger partial charge in [-0.2, -0.15) is 0 Å². The zero-order valence-corrected chi connectivity index (χ0v) is 16.0. The number of hydrogen-bond donors (Lipinski definition) is 1. The second-order valence-electron chi connectivity index (χ2n) is 7.36. The lowest BCUT2D eigenvalue weighted by Crippen LogP contribution is -2.49. The van der Waals surface area contributed by atoms with Crippen LogP contribution in [0.1, 0.15) is 36.1 Å². The molecular weight excluding hydrogens is 354 g/mol. The van der Waals surface area contributed by atoms with Crippen molar-refractivity contribution in [1.29, 1.82) is 0 Å². The highest BCUT2D eigenvalue weighted by molar-refractivity contribution is 7.20. The molecule has 0 aliphatic carbocycles. The van der Waals surface area contributed by atoms with E-state index in [9.17, 15) is 9.59 Å². The lowest BCUT2D eigenvalue weighted by molar-refractivity contribution is 0.0138. The highest BCUT2D eigenvalue weighted by Gasteiger charge is 2.26. The van der Waals surface area contributed by atoms with Crippen LogP contribution in [0.5, 0.6) is 0 Å². The molecule has 0 bridgehead atoms. The van der Waals surface area contributed by atoms with Gasteiger partial charge in [0.25, 0.3) is 0 Å². The normalized spacial score (nSPS) is 16.0. The minimum absolute atomic E-state index is 0.267. The van der Waals surface area contributed by atoms with Crippen LogP contribution in [0.4, 0.5) is 4.79 Å². The molecule has 1 saturated heterocycles. The van der Waals surface area contributed by atoms with Gasteiger partial charge < -0.3 is 14.7 Å². The van der Waals surface area contributed by atoms with Crippen molar-refractivity contribution in [2.24, 2.45) is 0 Å². The summed E-state index contributed by atoms with van der Waals surface area (Å²) in [5.41, 5.74) is 0.422. The highest BCUT2D eigenvalue weighted by atomic mass is 32.1. The molecule has 1 fully saturated rings. The van der Waals surface area contributed by atoms with Crippen molar-refractivity contribution in [3.63, 3.8) is 0 Å². The maximum atomic E-state index is 12.1. The molecule has 8 heteroatoms. The first-order valence-electron chi connectivity index (χ1n) is 8.54. The molecular formula is C18H23N3O4S. The molecule has 7 nitrogen and oxygen atoms in total. The number of piperazine rings is 1. The van der Waals surface area contributed by atoms with E-state index in [2.05, 4.69) is 9.88 Å². The maximum absolute atomic E-state index is 12.1. The Morgan fingerprint density at radius 3 is 2.54 bits per heavy atom. The number of aromatic nitrogens is 1. The van der Waals surface area contributed by atoms with Crippen molar-refractivity contribution in [3.8, 4) is 0 Å². The fourth-order valence-electron chi connectivity index (χ4n) is 2.79. The molecule has 3 rings (SSSR count). The molecule has 26 heavy (non-hydrogen) atoms. The zero-order valence-electron chi connectivity index (χ0n) is 15.2. The Morgan fingerprint density at radius 2 is 1.92 bits per heavy atom. The zero-order chi connectivity index (χ0) is 18.9. The predicted molar refractivity (Wildman–Crippen MR) is 99.7 cm³/mol. The number of carboxylic acid groups (broad SMARTS) is 1. The summed E-state index contributed by atoms with van der Waals surface area (Å²) in [6.07, 6.45) is -0.267. The standard InChI is InChI=1S/C18H23N3O4S/c1-18(2,3)25-17(24)21-8-6-20(7-9-21)11-13-5-4-12-10-14(16(22)23)26-15(12)19-13/h4-5,10H,6-9,11H2,1-3H3,(H,22,23). The fraction of sp³-hybridized carbons (Fsp3) is 0.500. The van der Waals surface area contributed by atoms with E-state index in [4.69, 9.17) is 9.84 Å². The van der Waals surface area contributed by atoms with E-state index in [0.29, 0.717) is 24.5 Å². The minimum atomic E-state index is -0.923. The largest absolute Gasteiger partial charge is 0.477 e. The van der Waals surface area contributed by atoms with Gasteiger partial charge in [-0.25, -0.2) is 14.6 Å². The predicted octanol–water partition coefficient (Wildman–Crippen LogP) is 3.05. The van der Waals surface area contributed by atoms with E-state index < -0.39 is 11.6 Å². The quantitative estimate of drug-likeness (QED) is 0.885. The van der Waals surface area contributed by atoms with Gasteiger partial charge in [0, 0.05) is 38.1 Å². The Labute approximate surface area is 156 Å². The van der Waals surface area contributed by atoms with E-state index in [0.717, 1.165) is 29.0 Å². The third-order valence-electron chi connectivity index (χ3n) is 4.06. The number of fused-ring (bicyclic) bond motifs is 1. The van der Waals surface area contributed by atoms with E-state index in [1.54, 1.807) is 11.0 Å². The number of rotatable bonds is 3. The average molecular weight is 377 g/mol. The number of pyridine rings is 1. The highest BCUT2D eigenvalue weighted by Crippen LogP contribution is 2.24. The average Bonchev–Trinajstić information content (AvgIpc) is 2.97. The summed E-state index contributed by atoms with van der Waals surface area (Å²) in [5.74, 6) is -0.923. The van der Waals surface area contributed by atoms with Crippen molar-refractivity contribution >= 4 is 33.6 Å². The van der Waals surface area contributed by atoms with Crippen LogP contribution < -0.4 is 0 Å². The van der Waals surface area contributed by atoms with Gasteiger partial charge in [0.1, 0.15) is 15.3 Å². The number of carbonyl (C=O) groups is 2. The molecule has 0 saturated carbocycles. The van der Waals surface area contributed by atoms with Crippen molar-refractivity contribution in [3.05, 3.63) is 28.8 Å². The molecule has 3 heterocycles.